The third-order valence-corrected chi connectivity index (χ3v) is 3.00. The molecule has 3 aromatic rings. The average molecular weight is 253 g/mol. The molecule has 0 saturated heterocycles. The number of pyridine rings is 1. The lowest BCUT2D eigenvalue weighted by molar-refractivity contribution is 0.469. The van der Waals surface area contributed by atoms with Crippen LogP contribution in [0.5, 0.6) is 17.2 Å². The van der Waals surface area contributed by atoms with Gasteiger partial charge in [-0.2, -0.15) is 0 Å². The second-order valence-corrected chi connectivity index (χ2v) is 4.24. The molecule has 0 radical (unpaired) electrons. The first-order valence-corrected chi connectivity index (χ1v) is 5.76. The molecule has 0 aliphatic rings. The molecule has 0 aliphatic carbocycles. The van der Waals surface area contributed by atoms with E-state index in [-0.39, 0.29) is 17.2 Å². The first-order chi connectivity index (χ1) is 9.16. The fourth-order valence-corrected chi connectivity index (χ4v) is 2.10. The Hall–Kier alpha value is -2.75. The largest absolute Gasteiger partial charge is 0.508 e. The number of hydrogen-bond acceptors (Lipinski definition) is 4. The molecule has 19 heavy (non-hydrogen) atoms. The minimum Gasteiger partial charge on any atom is -0.508 e. The number of benzene rings is 2. The Morgan fingerprint density at radius 2 is 1.74 bits per heavy atom. The van der Waals surface area contributed by atoms with Crippen molar-refractivity contribution in [2.45, 2.75) is 0 Å². The van der Waals surface area contributed by atoms with Gasteiger partial charge in [-0.3, -0.25) is 4.98 Å². The first kappa shape index (κ1) is 11.3. The highest BCUT2D eigenvalue weighted by atomic mass is 16.3. The van der Waals surface area contributed by atoms with Gasteiger partial charge in [-0.1, -0.05) is 12.1 Å². The van der Waals surface area contributed by atoms with Crippen molar-refractivity contribution in [3.05, 3.63) is 48.7 Å². The molecule has 2 aromatic carbocycles. The van der Waals surface area contributed by atoms with Gasteiger partial charge in [0.15, 0.2) is 0 Å². The average Bonchev–Trinajstić information content (AvgIpc) is 2.43. The molecule has 0 aliphatic heterocycles. The van der Waals surface area contributed by atoms with Crippen molar-refractivity contribution in [3.63, 3.8) is 0 Å². The molecule has 0 amide bonds. The lowest BCUT2D eigenvalue weighted by atomic mass is 10.0. The number of aromatic hydroxyl groups is 3. The summed E-state index contributed by atoms with van der Waals surface area (Å²) in [5, 5.41) is 30.2. The van der Waals surface area contributed by atoms with E-state index in [0.717, 1.165) is 0 Å². The Labute approximate surface area is 109 Å². The number of nitrogens with zero attached hydrogens (tertiary/aromatic N) is 1. The second-order valence-electron chi connectivity index (χ2n) is 4.24. The smallest absolute Gasteiger partial charge is 0.149 e. The van der Waals surface area contributed by atoms with Gasteiger partial charge in [0.2, 0.25) is 0 Å². The maximum atomic E-state index is 10.3. The normalized spacial score (nSPS) is 10.7. The highest BCUT2D eigenvalue weighted by Crippen LogP contribution is 2.40. The van der Waals surface area contributed by atoms with E-state index in [2.05, 4.69) is 4.98 Å². The molecular formula is C15H11NO3. The summed E-state index contributed by atoms with van der Waals surface area (Å²) < 4.78 is 0. The Morgan fingerprint density at radius 3 is 2.53 bits per heavy atom. The predicted octanol–water partition coefficient (Wildman–Crippen LogP) is 3.02. The van der Waals surface area contributed by atoms with Gasteiger partial charge in [0.25, 0.3) is 0 Å². The molecule has 4 heteroatoms. The van der Waals surface area contributed by atoms with Gasteiger partial charge in [-0.15, -0.1) is 0 Å². The molecule has 4 nitrogen and oxygen atoms in total. The zero-order valence-electron chi connectivity index (χ0n) is 9.91. The van der Waals surface area contributed by atoms with Crippen LogP contribution < -0.4 is 0 Å². The van der Waals surface area contributed by atoms with Crippen molar-refractivity contribution in [1.82, 2.24) is 4.98 Å². The minimum atomic E-state index is -0.0148. The van der Waals surface area contributed by atoms with Crippen LogP contribution in [0.3, 0.4) is 0 Å². The minimum absolute atomic E-state index is 0.0148. The summed E-state index contributed by atoms with van der Waals surface area (Å²) >= 11 is 0. The van der Waals surface area contributed by atoms with Crippen molar-refractivity contribution in [2.24, 2.45) is 0 Å². The van der Waals surface area contributed by atoms with Crippen molar-refractivity contribution >= 4 is 10.9 Å². The molecular weight excluding hydrogens is 242 g/mol. The summed E-state index contributed by atoms with van der Waals surface area (Å²) in [6, 6.07) is 11.3. The summed E-state index contributed by atoms with van der Waals surface area (Å²) in [6.45, 7) is 0. The maximum absolute atomic E-state index is 10.3. The highest BCUT2D eigenvalue weighted by Gasteiger charge is 2.13. The van der Waals surface area contributed by atoms with Crippen LogP contribution in [0.4, 0.5) is 0 Å². The zero-order chi connectivity index (χ0) is 13.4. The van der Waals surface area contributed by atoms with E-state index in [1.54, 1.807) is 36.5 Å². The molecule has 0 unspecified atom stereocenters. The van der Waals surface area contributed by atoms with Gasteiger partial charge >= 0.3 is 0 Å². The van der Waals surface area contributed by atoms with E-state index in [1.165, 1.54) is 12.1 Å². The number of phenols is 3. The summed E-state index contributed by atoms with van der Waals surface area (Å²) in [5.41, 5.74) is 1.38. The quantitative estimate of drug-likeness (QED) is 0.583. The van der Waals surface area contributed by atoms with Gasteiger partial charge in [0, 0.05) is 17.1 Å². The number of phenolic OH excluding ortho intramolecular Hbond substituents is 3. The molecule has 3 N–H and O–H groups in total. The van der Waals surface area contributed by atoms with Crippen LogP contribution in [0.2, 0.25) is 0 Å². The molecule has 3 rings (SSSR count). The van der Waals surface area contributed by atoms with Crippen LogP contribution in [-0.2, 0) is 0 Å². The van der Waals surface area contributed by atoms with Gasteiger partial charge in [-0.25, -0.2) is 0 Å². The fourth-order valence-electron chi connectivity index (χ4n) is 2.10. The molecule has 1 aromatic heterocycles. The van der Waals surface area contributed by atoms with E-state index in [0.29, 0.717) is 22.0 Å². The SMILES string of the molecule is Oc1cccc(-c2cc(O)c3cccnc3c2O)c1. The van der Waals surface area contributed by atoms with Gasteiger partial charge in [0.05, 0.1) is 0 Å². The zero-order valence-corrected chi connectivity index (χ0v) is 9.91. The van der Waals surface area contributed by atoms with Crippen molar-refractivity contribution < 1.29 is 15.3 Å². The standard InChI is InChI=1S/C15H11NO3/c17-10-4-1-3-9(7-10)12-8-13(18)11-5-2-6-16-14(11)15(12)19/h1-8,17-19H. The highest BCUT2D eigenvalue weighted by molar-refractivity contribution is 5.96. The summed E-state index contributed by atoms with van der Waals surface area (Å²) in [4.78, 5) is 4.08. The Morgan fingerprint density at radius 1 is 0.895 bits per heavy atom. The van der Waals surface area contributed by atoms with Gasteiger partial charge < -0.3 is 15.3 Å². The molecule has 94 valence electrons. The molecule has 0 spiro atoms. The Kier molecular flexibility index (Phi) is 2.49. The Bertz CT molecular complexity index is 768. The van der Waals surface area contributed by atoms with E-state index in [9.17, 15) is 15.3 Å². The lowest BCUT2D eigenvalue weighted by Crippen LogP contribution is -1.85. The fraction of sp³-hybridized carbons (Fsp3) is 0. The summed E-state index contributed by atoms with van der Waals surface area (Å²) in [6.07, 6.45) is 1.55. The van der Waals surface area contributed by atoms with E-state index >= 15 is 0 Å². The maximum Gasteiger partial charge on any atom is 0.149 e. The monoisotopic (exact) mass is 253 g/mol. The van der Waals surface area contributed by atoms with Crippen LogP contribution in [0.15, 0.2) is 48.7 Å². The van der Waals surface area contributed by atoms with Crippen molar-refractivity contribution in [1.29, 1.82) is 0 Å². The number of fused-ring (bicyclic) bond motifs is 1. The van der Waals surface area contributed by atoms with Crippen molar-refractivity contribution in [3.8, 4) is 28.4 Å². The van der Waals surface area contributed by atoms with Crippen LogP contribution in [0, 0.1) is 0 Å². The van der Waals surface area contributed by atoms with E-state index < -0.39 is 0 Å². The second kappa shape index (κ2) is 4.17. The third kappa shape index (κ3) is 1.83. The van der Waals surface area contributed by atoms with Crippen LogP contribution in [0.1, 0.15) is 0 Å². The number of aromatic nitrogens is 1. The van der Waals surface area contributed by atoms with Gasteiger partial charge in [0.1, 0.15) is 22.8 Å². The number of rotatable bonds is 1. The van der Waals surface area contributed by atoms with E-state index in [4.69, 9.17) is 0 Å². The summed E-state index contributed by atoms with van der Waals surface area (Å²) in [7, 11) is 0. The molecule has 0 saturated carbocycles. The molecule has 0 atom stereocenters. The first-order valence-electron chi connectivity index (χ1n) is 5.76. The Balaban J connectivity index is 2.34. The molecule has 1 heterocycles. The molecule has 0 bridgehead atoms. The van der Waals surface area contributed by atoms with Gasteiger partial charge in [-0.05, 0) is 35.9 Å². The van der Waals surface area contributed by atoms with Crippen molar-refractivity contribution in [2.75, 3.05) is 0 Å². The predicted molar refractivity (Wildman–Crippen MR) is 72.2 cm³/mol. The summed E-state index contributed by atoms with van der Waals surface area (Å²) in [5.74, 6) is 0.121. The third-order valence-electron chi connectivity index (χ3n) is 3.00. The lowest BCUT2D eigenvalue weighted by Gasteiger charge is -2.09. The van der Waals surface area contributed by atoms with Crippen LogP contribution in [0.25, 0.3) is 22.0 Å². The molecule has 0 fully saturated rings. The number of hydrogen-bond donors (Lipinski definition) is 3. The van der Waals surface area contributed by atoms with Crippen LogP contribution >= 0.6 is 0 Å². The van der Waals surface area contributed by atoms with E-state index in [1.807, 2.05) is 0 Å². The van der Waals surface area contributed by atoms with Crippen LogP contribution in [-0.4, -0.2) is 20.3 Å². The topological polar surface area (TPSA) is 73.6 Å².